The molecule has 1 rings (SSSR count). The molecule has 6 nitrogen and oxygen atoms in total. The van der Waals surface area contributed by atoms with E-state index in [1.807, 2.05) is 0 Å². The van der Waals surface area contributed by atoms with Gasteiger partial charge in [0.25, 0.3) is 0 Å². The second-order valence-corrected chi connectivity index (χ2v) is 4.51. The lowest BCUT2D eigenvalue weighted by Gasteiger charge is -2.09. The van der Waals surface area contributed by atoms with Gasteiger partial charge in [-0.05, 0) is 34.1 Å². The molecule has 19 heavy (non-hydrogen) atoms. The Labute approximate surface area is 116 Å². The summed E-state index contributed by atoms with van der Waals surface area (Å²) in [6.07, 6.45) is -1.61. The molecule has 0 radical (unpaired) electrons. The monoisotopic (exact) mass is 334 g/mol. The number of carboxylic acid groups (broad SMARTS) is 1. The van der Waals surface area contributed by atoms with Gasteiger partial charge in [0, 0.05) is 18.7 Å². The van der Waals surface area contributed by atoms with Crippen LogP contribution in [0.5, 0.6) is 0 Å². The fourth-order valence-electron chi connectivity index (χ4n) is 1.20. The van der Waals surface area contributed by atoms with Crippen molar-refractivity contribution in [1.82, 2.24) is 5.32 Å². The number of nitrogens with one attached hydrogen (secondary N) is 2. The van der Waals surface area contributed by atoms with Gasteiger partial charge in [-0.15, -0.1) is 0 Å². The fourth-order valence-corrected chi connectivity index (χ4v) is 1.57. The Bertz CT molecular complexity index is 484. The number of urea groups is 1. The van der Waals surface area contributed by atoms with E-state index in [1.54, 1.807) is 0 Å². The van der Waals surface area contributed by atoms with Gasteiger partial charge in [-0.2, -0.15) is 0 Å². The minimum absolute atomic E-state index is 0.00165. The summed E-state index contributed by atoms with van der Waals surface area (Å²) in [5, 5.41) is 22.2. The van der Waals surface area contributed by atoms with Crippen molar-refractivity contribution < 1.29 is 24.2 Å². The van der Waals surface area contributed by atoms with Gasteiger partial charge in [0.2, 0.25) is 0 Å². The first-order valence-corrected chi connectivity index (χ1v) is 6.10. The molecule has 1 atom stereocenters. The standard InChI is InChI=1S/C11H12BrFN2O4/c12-7-5-6(1-2-8(7)13)15-11(19)14-4-3-9(16)10(17)18/h1-2,5,9,16H,3-4H2,(H,17,18)(H2,14,15,19)/t9-/m0/s1. The van der Waals surface area contributed by atoms with Gasteiger partial charge in [0.15, 0.2) is 6.10 Å². The minimum atomic E-state index is -1.51. The summed E-state index contributed by atoms with van der Waals surface area (Å²) in [6, 6.07) is 3.39. The molecule has 0 unspecified atom stereocenters. The highest BCUT2D eigenvalue weighted by Gasteiger charge is 2.12. The van der Waals surface area contributed by atoms with Crippen LogP contribution in [-0.4, -0.2) is 34.9 Å². The number of halogens is 2. The number of anilines is 1. The first-order valence-electron chi connectivity index (χ1n) is 5.31. The van der Waals surface area contributed by atoms with Crippen molar-refractivity contribution in [3.8, 4) is 0 Å². The smallest absolute Gasteiger partial charge is 0.332 e. The van der Waals surface area contributed by atoms with E-state index in [-0.39, 0.29) is 17.4 Å². The molecule has 0 aromatic heterocycles. The highest BCUT2D eigenvalue weighted by molar-refractivity contribution is 9.10. The number of hydrogen-bond acceptors (Lipinski definition) is 3. The molecule has 0 heterocycles. The summed E-state index contributed by atoms with van der Waals surface area (Å²) in [5.74, 6) is -1.79. The second kappa shape index (κ2) is 7.05. The largest absolute Gasteiger partial charge is 0.479 e. The number of amides is 2. The lowest BCUT2D eigenvalue weighted by atomic mass is 10.2. The van der Waals surface area contributed by atoms with Crippen LogP contribution in [0.15, 0.2) is 22.7 Å². The van der Waals surface area contributed by atoms with Crippen LogP contribution >= 0.6 is 15.9 Å². The highest BCUT2D eigenvalue weighted by Crippen LogP contribution is 2.19. The third kappa shape index (κ3) is 5.23. The number of hydrogen-bond donors (Lipinski definition) is 4. The molecule has 0 saturated heterocycles. The Morgan fingerprint density at radius 2 is 2.11 bits per heavy atom. The summed E-state index contributed by atoms with van der Waals surface area (Å²) in [6.45, 7) is 0.00165. The van der Waals surface area contributed by atoms with E-state index in [0.717, 1.165) is 0 Å². The van der Waals surface area contributed by atoms with E-state index in [4.69, 9.17) is 10.2 Å². The molecule has 1 aromatic carbocycles. The molecular formula is C11H12BrFN2O4. The van der Waals surface area contributed by atoms with Gasteiger partial charge in [0.1, 0.15) is 5.82 Å². The van der Waals surface area contributed by atoms with Crippen molar-refractivity contribution in [2.24, 2.45) is 0 Å². The van der Waals surface area contributed by atoms with Crippen LogP contribution in [0.25, 0.3) is 0 Å². The van der Waals surface area contributed by atoms with Crippen LogP contribution in [0.1, 0.15) is 6.42 Å². The van der Waals surface area contributed by atoms with E-state index in [1.165, 1.54) is 18.2 Å². The van der Waals surface area contributed by atoms with Crippen molar-refractivity contribution in [3.05, 3.63) is 28.5 Å². The average Bonchev–Trinajstić information content (AvgIpc) is 2.33. The Balaban J connectivity index is 2.39. The van der Waals surface area contributed by atoms with E-state index in [9.17, 15) is 14.0 Å². The lowest BCUT2D eigenvalue weighted by Crippen LogP contribution is -2.33. The maximum atomic E-state index is 12.9. The van der Waals surface area contributed by atoms with E-state index in [2.05, 4.69) is 26.6 Å². The summed E-state index contributed by atoms with van der Waals surface area (Å²) < 4.78 is 13.2. The van der Waals surface area contributed by atoms with Gasteiger partial charge >= 0.3 is 12.0 Å². The number of carbonyl (C=O) groups excluding carboxylic acids is 1. The Kier molecular flexibility index (Phi) is 5.71. The van der Waals surface area contributed by atoms with Gasteiger partial charge in [-0.25, -0.2) is 14.0 Å². The summed E-state index contributed by atoms with van der Waals surface area (Å²) in [7, 11) is 0. The first-order chi connectivity index (χ1) is 8.90. The van der Waals surface area contributed by atoms with Gasteiger partial charge in [0.05, 0.1) is 4.47 Å². The normalized spacial score (nSPS) is 11.7. The van der Waals surface area contributed by atoms with Gasteiger partial charge in [-0.1, -0.05) is 0 Å². The van der Waals surface area contributed by atoms with Crippen molar-refractivity contribution in [2.75, 3.05) is 11.9 Å². The summed E-state index contributed by atoms with van der Waals surface area (Å²) >= 11 is 2.98. The molecule has 1 aromatic rings. The maximum absolute atomic E-state index is 12.9. The zero-order valence-corrected chi connectivity index (χ0v) is 11.3. The predicted octanol–water partition coefficient (Wildman–Crippen LogP) is 1.55. The Morgan fingerprint density at radius 3 is 2.68 bits per heavy atom. The van der Waals surface area contributed by atoms with Crippen molar-refractivity contribution >= 4 is 33.6 Å². The molecule has 8 heteroatoms. The molecule has 2 amide bonds. The van der Waals surface area contributed by atoms with Crippen LogP contribution in [0.2, 0.25) is 0 Å². The second-order valence-electron chi connectivity index (χ2n) is 3.65. The number of carboxylic acids is 1. The number of carbonyl (C=O) groups is 2. The van der Waals surface area contributed by atoms with Crippen molar-refractivity contribution in [2.45, 2.75) is 12.5 Å². The third-order valence-corrected chi connectivity index (χ3v) is 2.77. The number of benzene rings is 1. The zero-order valence-electron chi connectivity index (χ0n) is 9.69. The van der Waals surface area contributed by atoms with Crippen LogP contribution in [-0.2, 0) is 4.79 Å². The third-order valence-electron chi connectivity index (χ3n) is 2.17. The predicted molar refractivity (Wildman–Crippen MR) is 69.4 cm³/mol. The number of rotatable bonds is 5. The highest BCUT2D eigenvalue weighted by atomic mass is 79.9. The zero-order chi connectivity index (χ0) is 14.4. The van der Waals surface area contributed by atoms with E-state index in [0.29, 0.717) is 5.69 Å². The summed E-state index contributed by atoms with van der Waals surface area (Å²) in [5.41, 5.74) is 0.379. The molecule has 104 valence electrons. The van der Waals surface area contributed by atoms with Gasteiger partial charge < -0.3 is 20.8 Å². The Morgan fingerprint density at radius 1 is 1.42 bits per heavy atom. The van der Waals surface area contributed by atoms with E-state index >= 15 is 0 Å². The molecular weight excluding hydrogens is 323 g/mol. The summed E-state index contributed by atoms with van der Waals surface area (Å²) in [4.78, 5) is 21.7. The first kappa shape index (κ1) is 15.4. The van der Waals surface area contributed by atoms with Crippen molar-refractivity contribution in [3.63, 3.8) is 0 Å². The molecule has 0 aliphatic carbocycles. The number of aliphatic hydroxyl groups is 1. The van der Waals surface area contributed by atoms with Crippen molar-refractivity contribution in [1.29, 1.82) is 0 Å². The molecule has 0 saturated carbocycles. The topological polar surface area (TPSA) is 98.7 Å². The Hall–Kier alpha value is -1.67. The fraction of sp³-hybridized carbons (Fsp3) is 0.273. The number of aliphatic carboxylic acids is 1. The van der Waals surface area contributed by atoms with Crippen LogP contribution in [0, 0.1) is 5.82 Å². The quantitative estimate of drug-likeness (QED) is 0.656. The molecule has 0 aliphatic rings. The molecule has 0 bridgehead atoms. The maximum Gasteiger partial charge on any atom is 0.332 e. The molecule has 0 fully saturated rings. The number of aliphatic hydroxyl groups excluding tert-OH is 1. The van der Waals surface area contributed by atoms with Crippen LogP contribution in [0.3, 0.4) is 0 Å². The lowest BCUT2D eigenvalue weighted by molar-refractivity contribution is -0.146. The van der Waals surface area contributed by atoms with Crippen LogP contribution < -0.4 is 10.6 Å². The molecule has 0 aliphatic heterocycles. The average molecular weight is 335 g/mol. The SMILES string of the molecule is O=C(NCC[C@H](O)C(=O)O)Nc1ccc(F)c(Br)c1. The van der Waals surface area contributed by atoms with E-state index < -0.39 is 23.9 Å². The molecule has 0 spiro atoms. The van der Waals surface area contributed by atoms with Crippen LogP contribution in [0.4, 0.5) is 14.9 Å². The van der Waals surface area contributed by atoms with Gasteiger partial charge in [-0.3, -0.25) is 0 Å². The molecule has 4 N–H and O–H groups in total. The minimum Gasteiger partial charge on any atom is -0.479 e.